The van der Waals surface area contributed by atoms with Crippen molar-refractivity contribution >= 4 is 11.6 Å². The molecule has 0 unspecified atom stereocenters. The highest BCUT2D eigenvalue weighted by Crippen LogP contribution is 2.28. The predicted molar refractivity (Wildman–Crippen MR) is 99.9 cm³/mol. The van der Waals surface area contributed by atoms with Gasteiger partial charge >= 0.3 is 0 Å². The summed E-state index contributed by atoms with van der Waals surface area (Å²) in [6.45, 7) is 12.1. The molecule has 2 aromatic carbocycles. The van der Waals surface area contributed by atoms with Crippen LogP contribution in [0.3, 0.4) is 0 Å². The summed E-state index contributed by atoms with van der Waals surface area (Å²) in [6.07, 6.45) is -0.566. The fourth-order valence-corrected chi connectivity index (χ4v) is 2.57. The van der Waals surface area contributed by atoms with Crippen molar-refractivity contribution in [1.29, 1.82) is 0 Å². The summed E-state index contributed by atoms with van der Waals surface area (Å²) in [7, 11) is 0. The van der Waals surface area contributed by atoms with Crippen LogP contribution in [0.5, 0.6) is 5.75 Å². The van der Waals surface area contributed by atoms with Crippen molar-refractivity contribution in [1.82, 2.24) is 0 Å². The molecule has 3 heteroatoms. The lowest BCUT2D eigenvalue weighted by Crippen LogP contribution is -2.30. The molecule has 0 radical (unpaired) electrons. The molecule has 1 N–H and O–H groups in total. The van der Waals surface area contributed by atoms with Crippen LogP contribution in [-0.4, -0.2) is 12.0 Å². The Hall–Kier alpha value is -2.29. The van der Waals surface area contributed by atoms with Gasteiger partial charge in [0.15, 0.2) is 6.10 Å². The molecule has 2 aromatic rings. The van der Waals surface area contributed by atoms with Crippen molar-refractivity contribution < 1.29 is 9.53 Å². The second-order valence-electron chi connectivity index (χ2n) is 6.76. The largest absolute Gasteiger partial charge is 0.481 e. The summed E-state index contributed by atoms with van der Waals surface area (Å²) in [4.78, 5) is 12.5. The van der Waals surface area contributed by atoms with Gasteiger partial charge in [-0.05, 0) is 68.0 Å². The highest BCUT2D eigenvalue weighted by Gasteiger charge is 2.18. The molecule has 0 saturated heterocycles. The summed E-state index contributed by atoms with van der Waals surface area (Å²) >= 11 is 0. The lowest BCUT2D eigenvalue weighted by molar-refractivity contribution is -0.122. The smallest absolute Gasteiger partial charge is 0.265 e. The summed E-state index contributed by atoms with van der Waals surface area (Å²) in [5.74, 6) is 0.989. The third kappa shape index (κ3) is 4.38. The topological polar surface area (TPSA) is 38.3 Å². The minimum absolute atomic E-state index is 0.139. The fourth-order valence-electron chi connectivity index (χ4n) is 2.57. The average Bonchev–Trinajstić information content (AvgIpc) is 2.50. The van der Waals surface area contributed by atoms with Crippen LogP contribution in [0.1, 0.15) is 48.9 Å². The quantitative estimate of drug-likeness (QED) is 0.826. The Morgan fingerprint density at radius 1 is 0.958 bits per heavy atom. The van der Waals surface area contributed by atoms with Crippen LogP contribution in [0.25, 0.3) is 0 Å². The number of ether oxygens (including phenoxy) is 1. The molecule has 0 bridgehead atoms. The van der Waals surface area contributed by atoms with Crippen molar-refractivity contribution in [2.24, 2.45) is 0 Å². The molecule has 3 nitrogen and oxygen atoms in total. The molecular formula is C21H27NO2. The van der Waals surface area contributed by atoms with Crippen LogP contribution < -0.4 is 10.1 Å². The molecule has 2 rings (SSSR count). The van der Waals surface area contributed by atoms with E-state index in [-0.39, 0.29) is 5.91 Å². The number of amides is 1. The first kappa shape index (κ1) is 18.1. The Bertz CT molecular complexity index is 735. The third-order valence-electron chi connectivity index (χ3n) is 4.11. The molecule has 0 aliphatic carbocycles. The van der Waals surface area contributed by atoms with Crippen LogP contribution in [0.15, 0.2) is 36.4 Å². The zero-order valence-corrected chi connectivity index (χ0v) is 15.4. The first-order chi connectivity index (χ1) is 11.3. The zero-order chi connectivity index (χ0) is 17.9. The van der Waals surface area contributed by atoms with E-state index in [2.05, 4.69) is 31.3 Å². The summed E-state index contributed by atoms with van der Waals surface area (Å²) in [5.41, 5.74) is 5.23. The van der Waals surface area contributed by atoms with Gasteiger partial charge < -0.3 is 10.1 Å². The number of aryl methyl sites for hydroxylation is 3. The number of carbonyl (C=O) groups is 1. The van der Waals surface area contributed by atoms with Gasteiger partial charge in [-0.3, -0.25) is 4.79 Å². The molecule has 0 spiro atoms. The predicted octanol–water partition coefficient (Wildman–Crippen LogP) is 5.14. The highest BCUT2D eigenvalue weighted by atomic mass is 16.5. The molecular weight excluding hydrogens is 298 g/mol. The molecule has 0 aliphatic rings. The van der Waals surface area contributed by atoms with E-state index in [9.17, 15) is 4.79 Å². The van der Waals surface area contributed by atoms with E-state index in [1.165, 1.54) is 0 Å². The fraction of sp³-hybridized carbons (Fsp3) is 0.381. The maximum Gasteiger partial charge on any atom is 0.265 e. The van der Waals surface area contributed by atoms with E-state index in [1.807, 2.05) is 45.0 Å². The van der Waals surface area contributed by atoms with E-state index < -0.39 is 6.10 Å². The SMILES string of the molecule is Cc1ccc(C)c(NC(=O)[C@@H](C)Oc2cc(C)ccc2C(C)C)c1. The van der Waals surface area contributed by atoms with E-state index >= 15 is 0 Å². The summed E-state index contributed by atoms with van der Waals surface area (Å²) in [5, 5.41) is 2.97. The third-order valence-corrected chi connectivity index (χ3v) is 4.11. The van der Waals surface area contributed by atoms with Crippen molar-refractivity contribution in [2.45, 2.75) is 53.6 Å². The summed E-state index contributed by atoms with van der Waals surface area (Å²) < 4.78 is 5.98. The van der Waals surface area contributed by atoms with Gasteiger partial charge in [-0.1, -0.05) is 38.1 Å². The van der Waals surface area contributed by atoms with Gasteiger partial charge in [0, 0.05) is 5.69 Å². The Labute approximate surface area is 145 Å². The van der Waals surface area contributed by atoms with E-state index in [0.29, 0.717) is 5.92 Å². The first-order valence-corrected chi connectivity index (χ1v) is 8.43. The van der Waals surface area contributed by atoms with Crippen molar-refractivity contribution in [3.8, 4) is 5.75 Å². The Morgan fingerprint density at radius 2 is 1.58 bits per heavy atom. The minimum Gasteiger partial charge on any atom is -0.481 e. The highest BCUT2D eigenvalue weighted by molar-refractivity contribution is 5.94. The van der Waals surface area contributed by atoms with Crippen molar-refractivity contribution in [3.05, 3.63) is 58.7 Å². The van der Waals surface area contributed by atoms with Crippen LogP contribution in [0, 0.1) is 20.8 Å². The molecule has 1 amide bonds. The van der Waals surface area contributed by atoms with Crippen LogP contribution in [0.2, 0.25) is 0 Å². The maximum atomic E-state index is 12.5. The van der Waals surface area contributed by atoms with Crippen LogP contribution in [0.4, 0.5) is 5.69 Å². The molecule has 24 heavy (non-hydrogen) atoms. The maximum absolute atomic E-state index is 12.5. The lowest BCUT2D eigenvalue weighted by Gasteiger charge is -2.20. The molecule has 0 heterocycles. The van der Waals surface area contributed by atoms with Gasteiger partial charge in [0.2, 0.25) is 0 Å². The number of nitrogens with one attached hydrogen (secondary N) is 1. The van der Waals surface area contributed by atoms with Gasteiger partial charge in [-0.2, -0.15) is 0 Å². The molecule has 1 atom stereocenters. The summed E-state index contributed by atoms with van der Waals surface area (Å²) in [6, 6.07) is 12.2. The lowest BCUT2D eigenvalue weighted by atomic mass is 10.0. The Balaban J connectivity index is 2.15. The number of hydrogen-bond donors (Lipinski definition) is 1. The standard InChI is InChI=1S/C21H27NO2/c1-13(2)18-10-8-15(4)12-20(18)24-17(6)21(23)22-19-11-14(3)7-9-16(19)5/h7-13,17H,1-6H3,(H,22,23)/t17-/m1/s1. The zero-order valence-electron chi connectivity index (χ0n) is 15.4. The number of benzene rings is 2. The van der Waals surface area contributed by atoms with Crippen molar-refractivity contribution in [3.63, 3.8) is 0 Å². The Kier molecular flexibility index (Phi) is 5.66. The normalized spacial score (nSPS) is 12.1. The van der Waals surface area contributed by atoms with Gasteiger partial charge in [0.25, 0.3) is 5.91 Å². The van der Waals surface area contributed by atoms with Crippen LogP contribution in [-0.2, 0) is 4.79 Å². The molecule has 128 valence electrons. The van der Waals surface area contributed by atoms with E-state index in [4.69, 9.17) is 4.74 Å². The number of rotatable bonds is 5. The number of hydrogen-bond acceptors (Lipinski definition) is 2. The number of carbonyl (C=O) groups excluding carboxylic acids is 1. The van der Waals surface area contributed by atoms with Gasteiger partial charge in [-0.25, -0.2) is 0 Å². The molecule has 0 saturated carbocycles. The average molecular weight is 325 g/mol. The van der Waals surface area contributed by atoms with Crippen molar-refractivity contribution in [2.75, 3.05) is 5.32 Å². The van der Waals surface area contributed by atoms with Gasteiger partial charge in [-0.15, -0.1) is 0 Å². The minimum atomic E-state index is -0.566. The van der Waals surface area contributed by atoms with E-state index in [1.54, 1.807) is 6.92 Å². The number of anilines is 1. The molecule has 0 aliphatic heterocycles. The molecule has 0 fully saturated rings. The van der Waals surface area contributed by atoms with E-state index in [0.717, 1.165) is 33.7 Å². The molecule has 0 aromatic heterocycles. The van der Waals surface area contributed by atoms with Gasteiger partial charge in [0.05, 0.1) is 0 Å². The first-order valence-electron chi connectivity index (χ1n) is 8.43. The van der Waals surface area contributed by atoms with Gasteiger partial charge in [0.1, 0.15) is 5.75 Å². The monoisotopic (exact) mass is 325 g/mol. The second kappa shape index (κ2) is 7.52. The van der Waals surface area contributed by atoms with Crippen LogP contribution >= 0.6 is 0 Å². The second-order valence-corrected chi connectivity index (χ2v) is 6.76. The Morgan fingerprint density at radius 3 is 2.25 bits per heavy atom.